The Morgan fingerprint density at radius 3 is 2.84 bits per heavy atom. The Morgan fingerprint density at radius 2 is 2.00 bits per heavy atom. The molecule has 1 atom stereocenters. The van der Waals surface area contributed by atoms with E-state index in [9.17, 15) is 9.18 Å². The molecule has 0 aliphatic carbocycles. The number of hydrogen-bond donors (Lipinski definition) is 1. The smallest absolute Gasteiger partial charge is 0.273 e. The zero-order chi connectivity index (χ0) is 22.1. The van der Waals surface area contributed by atoms with Gasteiger partial charge in [-0.15, -0.1) is 0 Å². The van der Waals surface area contributed by atoms with Crippen LogP contribution in [-0.2, 0) is 0 Å². The first kappa shape index (κ1) is 20.1. The average molecular weight is 427 g/mol. The second-order valence-electron chi connectivity index (χ2n) is 8.03. The maximum atomic E-state index is 13.2. The molecule has 0 spiro atoms. The number of nitrogens with one attached hydrogen (secondary N) is 1. The van der Waals surface area contributed by atoms with E-state index >= 15 is 0 Å². The number of fused-ring (bicyclic) bond motifs is 1. The lowest BCUT2D eigenvalue weighted by molar-refractivity contribution is 0.0787. The summed E-state index contributed by atoms with van der Waals surface area (Å²) in [4.78, 5) is 28.2. The lowest BCUT2D eigenvalue weighted by atomic mass is 10.0. The molecule has 1 N–H and O–H groups in total. The predicted octanol–water partition coefficient (Wildman–Crippen LogP) is 4.85. The number of aryl methyl sites for hydroxylation is 1. The molecule has 0 bridgehead atoms. The zero-order valence-corrected chi connectivity index (χ0v) is 17.6. The van der Waals surface area contributed by atoms with Gasteiger partial charge in [0.15, 0.2) is 0 Å². The van der Waals surface area contributed by atoms with E-state index in [1.165, 1.54) is 12.3 Å². The van der Waals surface area contributed by atoms with Crippen LogP contribution in [0.4, 0.5) is 15.9 Å². The van der Waals surface area contributed by atoms with Crippen LogP contribution in [0.15, 0.2) is 67.0 Å². The third kappa shape index (κ3) is 4.01. The van der Waals surface area contributed by atoms with Crippen LogP contribution in [-0.4, -0.2) is 38.8 Å². The fourth-order valence-corrected chi connectivity index (χ4v) is 4.20. The number of carbonyl (C=O) groups excluding carboxylic acids is 1. The zero-order valence-electron chi connectivity index (χ0n) is 17.6. The van der Waals surface area contributed by atoms with E-state index in [0.29, 0.717) is 24.6 Å². The average Bonchev–Trinajstić information content (AvgIpc) is 3.30. The largest absolute Gasteiger partial charge is 0.340 e. The number of likely N-dealkylation sites (tertiary alicyclic amines) is 1. The number of halogens is 1. The summed E-state index contributed by atoms with van der Waals surface area (Å²) in [5.41, 5.74) is 3.13. The number of pyridine rings is 3. The quantitative estimate of drug-likeness (QED) is 0.504. The third-order valence-electron chi connectivity index (χ3n) is 5.74. The molecule has 6 nitrogen and oxygen atoms in total. The van der Waals surface area contributed by atoms with Gasteiger partial charge in [-0.3, -0.25) is 14.8 Å². The summed E-state index contributed by atoms with van der Waals surface area (Å²) >= 11 is 0. The first-order chi connectivity index (χ1) is 15.6. The van der Waals surface area contributed by atoms with E-state index in [-0.39, 0.29) is 17.6 Å². The highest BCUT2D eigenvalue weighted by atomic mass is 19.1. The van der Waals surface area contributed by atoms with Crippen molar-refractivity contribution in [1.82, 2.24) is 19.9 Å². The maximum Gasteiger partial charge on any atom is 0.273 e. The maximum absolute atomic E-state index is 13.2. The van der Waals surface area contributed by atoms with E-state index < -0.39 is 0 Å². The number of rotatable bonds is 4. The van der Waals surface area contributed by atoms with Crippen molar-refractivity contribution in [3.63, 3.8) is 0 Å². The van der Waals surface area contributed by atoms with Crippen molar-refractivity contribution in [1.29, 1.82) is 0 Å². The molecule has 1 aliphatic rings. The Kier molecular flexibility index (Phi) is 5.23. The Hall–Kier alpha value is -3.87. The standard InChI is InChI=1S/C25H22FN5O/c1-16-12-20(30-23-7-6-19(26)14-28-23)13-22(29-16)18-9-11-31(15-18)25(32)24-21-5-3-2-4-17(21)8-10-27-24/h2-8,10,12-14,18H,9,11,15H2,1H3,(H,28,29,30)/t18-/m1/s1. The molecule has 1 aromatic carbocycles. The van der Waals surface area contributed by atoms with Gasteiger partial charge < -0.3 is 10.2 Å². The topological polar surface area (TPSA) is 71.0 Å². The van der Waals surface area contributed by atoms with Crippen LogP contribution in [0.3, 0.4) is 0 Å². The normalized spacial score (nSPS) is 15.8. The fourth-order valence-electron chi connectivity index (χ4n) is 4.20. The first-order valence-corrected chi connectivity index (χ1v) is 10.6. The molecule has 4 heterocycles. The lowest BCUT2D eigenvalue weighted by Crippen LogP contribution is -2.29. The Morgan fingerprint density at radius 1 is 1.12 bits per heavy atom. The molecule has 1 fully saturated rings. The molecule has 7 heteroatoms. The highest BCUT2D eigenvalue weighted by Crippen LogP contribution is 2.30. The minimum Gasteiger partial charge on any atom is -0.340 e. The Labute approximate surface area is 185 Å². The Balaban J connectivity index is 1.35. The molecule has 32 heavy (non-hydrogen) atoms. The number of nitrogens with zero attached hydrogens (tertiary/aromatic N) is 4. The molecule has 160 valence electrons. The molecular weight excluding hydrogens is 405 g/mol. The summed E-state index contributed by atoms with van der Waals surface area (Å²) in [5.74, 6) is 0.271. The first-order valence-electron chi connectivity index (χ1n) is 10.6. The number of amides is 1. The van der Waals surface area contributed by atoms with Gasteiger partial charge in [0.05, 0.1) is 6.20 Å². The Bertz CT molecular complexity index is 1290. The van der Waals surface area contributed by atoms with Crippen LogP contribution in [0, 0.1) is 12.7 Å². The summed E-state index contributed by atoms with van der Waals surface area (Å²) in [5, 5.41) is 5.08. The third-order valence-corrected chi connectivity index (χ3v) is 5.74. The summed E-state index contributed by atoms with van der Waals surface area (Å²) < 4.78 is 13.1. The van der Waals surface area contributed by atoms with Crippen molar-refractivity contribution in [2.75, 3.05) is 18.4 Å². The van der Waals surface area contributed by atoms with E-state index in [4.69, 9.17) is 4.98 Å². The van der Waals surface area contributed by atoms with E-state index in [1.807, 2.05) is 54.3 Å². The van der Waals surface area contributed by atoms with Gasteiger partial charge in [0.1, 0.15) is 17.3 Å². The van der Waals surface area contributed by atoms with E-state index in [0.717, 1.165) is 34.3 Å². The van der Waals surface area contributed by atoms with E-state index in [2.05, 4.69) is 15.3 Å². The molecule has 5 rings (SSSR count). The van der Waals surface area contributed by atoms with Crippen LogP contribution >= 0.6 is 0 Å². The van der Waals surface area contributed by atoms with Crippen molar-refractivity contribution in [2.45, 2.75) is 19.3 Å². The highest BCUT2D eigenvalue weighted by molar-refractivity contribution is 6.05. The highest BCUT2D eigenvalue weighted by Gasteiger charge is 2.30. The van der Waals surface area contributed by atoms with Gasteiger partial charge in [-0.05, 0) is 49.1 Å². The van der Waals surface area contributed by atoms with Crippen LogP contribution in [0.25, 0.3) is 10.8 Å². The summed E-state index contributed by atoms with van der Waals surface area (Å²) in [6.07, 6.45) is 3.70. The van der Waals surface area contributed by atoms with Crippen LogP contribution < -0.4 is 5.32 Å². The monoisotopic (exact) mass is 427 g/mol. The number of benzene rings is 1. The van der Waals surface area contributed by atoms with Gasteiger partial charge in [-0.1, -0.05) is 24.3 Å². The summed E-state index contributed by atoms with van der Waals surface area (Å²) in [6, 6.07) is 16.6. The van der Waals surface area contributed by atoms with Crippen molar-refractivity contribution < 1.29 is 9.18 Å². The molecule has 0 saturated carbocycles. The molecule has 3 aromatic heterocycles. The van der Waals surface area contributed by atoms with Gasteiger partial charge in [-0.2, -0.15) is 0 Å². The van der Waals surface area contributed by atoms with Crippen LogP contribution in [0.2, 0.25) is 0 Å². The molecule has 1 saturated heterocycles. The summed E-state index contributed by atoms with van der Waals surface area (Å²) in [7, 11) is 0. The lowest BCUT2D eigenvalue weighted by Gasteiger charge is -2.17. The van der Waals surface area contributed by atoms with Crippen molar-refractivity contribution in [3.8, 4) is 0 Å². The van der Waals surface area contributed by atoms with Gasteiger partial charge in [0.2, 0.25) is 0 Å². The van der Waals surface area contributed by atoms with Crippen LogP contribution in [0.1, 0.15) is 34.2 Å². The van der Waals surface area contributed by atoms with Gasteiger partial charge >= 0.3 is 0 Å². The number of aromatic nitrogens is 3. The molecule has 1 aliphatic heterocycles. The second-order valence-corrected chi connectivity index (χ2v) is 8.03. The molecule has 1 amide bonds. The number of anilines is 2. The van der Waals surface area contributed by atoms with Crippen molar-refractivity contribution >= 4 is 28.2 Å². The van der Waals surface area contributed by atoms with Gasteiger partial charge in [0.25, 0.3) is 5.91 Å². The molecule has 0 radical (unpaired) electrons. The minimum absolute atomic E-state index is 0.0502. The fraction of sp³-hybridized carbons (Fsp3) is 0.200. The minimum atomic E-state index is -0.376. The predicted molar refractivity (Wildman–Crippen MR) is 121 cm³/mol. The van der Waals surface area contributed by atoms with Gasteiger partial charge in [0, 0.05) is 47.7 Å². The second kappa shape index (κ2) is 8.34. The van der Waals surface area contributed by atoms with E-state index in [1.54, 1.807) is 12.3 Å². The van der Waals surface area contributed by atoms with Gasteiger partial charge in [-0.25, -0.2) is 9.37 Å². The molecule has 4 aromatic rings. The summed E-state index contributed by atoms with van der Waals surface area (Å²) in [6.45, 7) is 3.19. The molecule has 0 unspecified atom stereocenters. The molecular formula is C25H22FN5O. The number of hydrogen-bond acceptors (Lipinski definition) is 5. The van der Waals surface area contributed by atoms with Crippen molar-refractivity contribution in [2.24, 2.45) is 0 Å². The SMILES string of the molecule is Cc1cc(Nc2ccc(F)cn2)cc([C@@H]2CCN(C(=O)c3nccc4ccccc34)C2)n1. The van der Waals surface area contributed by atoms with Crippen LogP contribution in [0.5, 0.6) is 0 Å². The number of carbonyl (C=O) groups is 1. The van der Waals surface area contributed by atoms with Crippen molar-refractivity contribution in [3.05, 3.63) is 89.9 Å².